The van der Waals surface area contributed by atoms with E-state index < -0.39 is 11.7 Å². The highest BCUT2D eigenvalue weighted by Crippen LogP contribution is 2.38. The van der Waals surface area contributed by atoms with Crippen molar-refractivity contribution in [2.75, 3.05) is 0 Å². The van der Waals surface area contributed by atoms with E-state index in [2.05, 4.69) is 10.3 Å². The van der Waals surface area contributed by atoms with Gasteiger partial charge in [-0.1, -0.05) is 18.2 Å². The van der Waals surface area contributed by atoms with Crippen molar-refractivity contribution in [2.24, 2.45) is 0 Å². The first-order valence-corrected chi connectivity index (χ1v) is 8.29. The Labute approximate surface area is 144 Å². The number of hydrogen-bond acceptors (Lipinski definition) is 2. The molecular formula is C19H19F3N2O. The molecule has 1 aliphatic rings. The maximum Gasteiger partial charge on any atom is 0.416 e. The van der Waals surface area contributed by atoms with Crippen LogP contribution in [0, 0.1) is 0 Å². The number of amides is 1. The summed E-state index contributed by atoms with van der Waals surface area (Å²) < 4.78 is 37.5. The Kier molecular flexibility index (Phi) is 5.06. The Morgan fingerprint density at radius 1 is 1.08 bits per heavy atom. The van der Waals surface area contributed by atoms with Crippen molar-refractivity contribution in [3.8, 4) is 0 Å². The average Bonchev–Trinajstić information content (AvgIpc) is 3.43. The van der Waals surface area contributed by atoms with E-state index in [-0.39, 0.29) is 12.3 Å². The van der Waals surface area contributed by atoms with E-state index in [4.69, 9.17) is 0 Å². The largest absolute Gasteiger partial charge is 0.416 e. The lowest BCUT2D eigenvalue weighted by atomic mass is 10.1. The molecule has 1 saturated carbocycles. The number of hydrogen-bond donors (Lipinski definition) is 1. The first kappa shape index (κ1) is 17.5. The number of rotatable bonds is 6. The van der Waals surface area contributed by atoms with E-state index >= 15 is 0 Å². The van der Waals surface area contributed by atoms with Gasteiger partial charge in [-0.15, -0.1) is 0 Å². The molecule has 0 radical (unpaired) electrons. The van der Waals surface area contributed by atoms with Gasteiger partial charge in [-0.25, -0.2) is 0 Å². The van der Waals surface area contributed by atoms with Gasteiger partial charge in [-0.05, 0) is 48.6 Å². The molecular weight excluding hydrogens is 329 g/mol. The van der Waals surface area contributed by atoms with E-state index in [0.717, 1.165) is 23.4 Å². The van der Waals surface area contributed by atoms with Gasteiger partial charge in [0.25, 0.3) is 0 Å². The van der Waals surface area contributed by atoms with E-state index in [1.807, 2.05) is 12.1 Å². The molecule has 3 nitrogen and oxygen atoms in total. The number of pyridine rings is 1. The zero-order valence-corrected chi connectivity index (χ0v) is 13.6. The number of nitrogens with one attached hydrogen (secondary N) is 1. The number of nitrogens with zero attached hydrogens (tertiary/aromatic N) is 1. The molecule has 132 valence electrons. The van der Waals surface area contributed by atoms with Crippen LogP contribution < -0.4 is 5.32 Å². The molecule has 1 aromatic heterocycles. The lowest BCUT2D eigenvalue weighted by Gasteiger charge is -2.08. The minimum atomic E-state index is -4.33. The van der Waals surface area contributed by atoms with Crippen molar-refractivity contribution in [3.05, 3.63) is 65.0 Å². The van der Waals surface area contributed by atoms with Crippen molar-refractivity contribution in [3.63, 3.8) is 0 Å². The monoisotopic (exact) mass is 348 g/mol. The molecule has 2 aromatic rings. The fourth-order valence-electron chi connectivity index (χ4n) is 2.57. The summed E-state index contributed by atoms with van der Waals surface area (Å²) in [4.78, 5) is 16.3. The summed E-state index contributed by atoms with van der Waals surface area (Å²) in [6, 6.07) is 8.88. The van der Waals surface area contributed by atoms with Gasteiger partial charge in [0.2, 0.25) is 5.91 Å². The Morgan fingerprint density at radius 3 is 2.32 bits per heavy atom. The number of alkyl halides is 3. The Hall–Kier alpha value is -2.37. The van der Waals surface area contributed by atoms with Gasteiger partial charge >= 0.3 is 6.18 Å². The molecule has 0 saturated heterocycles. The van der Waals surface area contributed by atoms with Gasteiger partial charge in [0.15, 0.2) is 0 Å². The van der Waals surface area contributed by atoms with Crippen LogP contribution in [0.5, 0.6) is 0 Å². The van der Waals surface area contributed by atoms with Crippen molar-refractivity contribution in [1.29, 1.82) is 0 Å². The number of aryl methyl sites for hydroxylation is 1. The van der Waals surface area contributed by atoms with Gasteiger partial charge in [0.05, 0.1) is 5.56 Å². The predicted octanol–water partition coefficient (Wildman–Crippen LogP) is 4.23. The van der Waals surface area contributed by atoms with Crippen LogP contribution in [0.15, 0.2) is 42.6 Å². The van der Waals surface area contributed by atoms with Crippen molar-refractivity contribution < 1.29 is 18.0 Å². The van der Waals surface area contributed by atoms with Crippen LogP contribution in [0.2, 0.25) is 0 Å². The third-order valence-electron chi connectivity index (χ3n) is 4.25. The number of benzene rings is 1. The fourth-order valence-corrected chi connectivity index (χ4v) is 2.57. The summed E-state index contributed by atoms with van der Waals surface area (Å²) in [6.45, 7) is 0.407. The third-order valence-corrected chi connectivity index (χ3v) is 4.25. The normalized spacial score (nSPS) is 14.4. The lowest BCUT2D eigenvalue weighted by Crippen LogP contribution is -2.23. The molecule has 0 unspecified atom stereocenters. The lowest BCUT2D eigenvalue weighted by molar-refractivity contribution is -0.137. The Balaban J connectivity index is 1.43. The van der Waals surface area contributed by atoms with E-state index in [9.17, 15) is 18.0 Å². The molecule has 1 N–H and O–H groups in total. The summed E-state index contributed by atoms with van der Waals surface area (Å²) >= 11 is 0. The molecule has 1 aliphatic carbocycles. The smallest absolute Gasteiger partial charge is 0.352 e. The minimum absolute atomic E-state index is 0.133. The van der Waals surface area contributed by atoms with E-state index in [1.54, 1.807) is 6.20 Å². The summed E-state index contributed by atoms with van der Waals surface area (Å²) in [7, 11) is 0. The molecule has 1 heterocycles. The SMILES string of the molecule is O=C(CCc1ccc(C(F)(F)F)cc1)NCc1ccc(C2CC2)nc1. The topological polar surface area (TPSA) is 42.0 Å². The van der Waals surface area contributed by atoms with Crippen LogP contribution in [-0.4, -0.2) is 10.9 Å². The van der Waals surface area contributed by atoms with Gasteiger partial charge in [-0.2, -0.15) is 13.2 Å². The fraction of sp³-hybridized carbons (Fsp3) is 0.368. The highest BCUT2D eigenvalue weighted by atomic mass is 19.4. The first-order valence-electron chi connectivity index (χ1n) is 8.29. The summed E-state index contributed by atoms with van der Waals surface area (Å²) in [5, 5.41) is 2.81. The average molecular weight is 348 g/mol. The summed E-state index contributed by atoms with van der Waals surface area (Å²) in [5.41, 5.74) is 2.08. The number of halogens is 3. The zero-order valence-electron chi connectivity index (χ0n) is 13.6. The van der Waals surface area contributed by atoms with Gasteiger partial charge in [-0.3, -0.25) is 9.78 Å². The van der Waals surface area contributed by atoms with Gasteiger partial charge in [0, 0.05) is 30.8 Å². The van der Waals surface area contributed by atoms with Crippen LogP contribution in [-0.2, 0) is 23.9 Å². The predicted molar refractivity (Wildman–Crippen MR) is 87.8 cm³/mol. The van der Waals surface area contributed by atoms with Crippen LogP contribution in [0.3, 0.4) is 0 Å². The molecule has 0 bridgehead atoms. The van der Waals surface area contributed by atoms with Crippen LogP contribution in [0.4, 0.5) is 13.2 Å². The zero-order chi connectivity index (χ0) is 17.9. The molecule has 25 heavy (non-hydrogen) atoms. The molecule has 6 heteroatoms. The molecule has 1 amide bonds. The van der Waals surface area contributed by atoms with E-state index in [0.29, 0.717) is 24.4 Å². The highest BCUT2D eigenvalue weighted by molar-refractivity contribution is 5.76. The maximum absolute atomic E-state index is 12.5. The van der Waals surface area contributed by atoms with Crippen molar-refractivity contribution >= 4 is 5.91 Å². The molecule has 1 fully saturated rings. The highest BCUT2D eigenvalue weighted by Gasteiger charge is 2.29. The molecule has 3 rings (SSSR count). The number of aromatic nitrogens is 1. The molecule has 0 spiro atoms. The number of carbonyl (C=O) groups is 1. The standard InChI is InChI=1S/C19H19F3N2O/c20-19(21,22)16-7-1-13(2-8-16)4-10-18(25)24-12-14-3-9-17(23-11-14)15-5-6-15/h1-3,7-9,11,15H,4-6,10,12H2,(H,24,25). The summed E-state index contributed by atoms with van der Waals surface area (Å²) in [6.07, 6.45) is 0.491. The molecule has 0 aliphatic heterocycles. The van der Waals surface area contributed by atoms with Crippen LogP contribution in [0.25, 0.3) is 0 Å². The number of carbonyl (C=O) groups excluding carboxylic acids is 1. The molecule has 1 aromatic carbocycles. The Bertz CT molecular complexity index is 720. The van der Waals surface area contributed by atoms with Gasteiger partial charge < -0.3 is 5.32 Å². The third kappa shape index (κ3) is 5.05. The quantitative estimate of drug-likeness (QED) is 0.849. The van der Waals surface area contributed by atoms with Crippen LogP contribution in [0.1, 0.15) is 47.6 Å². The molecule has 0 atom stereocenters. The Morgan fingerprint density at radius 2 is 1.76 bits per heavy atom. The van der Waals surface area contributed by atoms with Crippen molar-refractivity contribution in [1.82, 2.24) is 10.3 Å². The second-order valence-corrected chi connectivity index (χ2v) is 6.34. The second-order valence-electron chi connectivity index (χ2n) is 6.34. The first-order chi connectivity index (χ1) is 11.9. The summed E-state index contributed by atoms with van der Waals surface area (Å²) in [5.74, 6) is 0.471. The van der Waals surface area contributed by atoms with Crippen LogP contribution >= 0.6 is 0 Å². The minimum Gasteiger partial charge on any atom is -0.352 e. The van der Waals surface area contributed by atoms with Crippen molar-refractivity contribution in [2.45, 2.75) is 44.3 Å². The van der Waals surface area contributed by atoms with Gasteiger partial charge in [0.1, 0.15) is 0 Å². The maximum atomic E-state index is 12.5. The van der Waals surface area contributed by atoms with E-state index in [1.165, 1.54) is 25.0 Å². The second kappa shape index (κ2) is 7.25.